The van der Waals surface area contributed by atoms with Crippen LogP contribution in [0.2, 0.25) is 0 Å². The Morgan fingerprint density at radius 1 is 1.30 bits per heavy atom. The molecule has 23 heavy (non-hydrogen) atoms. The van der Waals surface area contributed by atoms with Gasteiger partial charge in [0.15, 0.2) is 0 Å². The van der Waals surface area contributed by atoms with E-state index in [9.17, 15) is 18.4 Å². The molecule has 1 atom stereocenters. The van der Waals surface area contributed by atoms with Gasteiger partial charge in [0, 0.05) is 25.2 Å². The number of nitrogens with zero attached hydrogens (tertiary/aromatic N) is 1. The molecule has 7 heteroatoms. The molecule has 1 saturated heterocycles. The van der Waals surface area contributed by atoms with Gasteiger partial charge < -0.3 is 15.3 Å². The fourth-order valence-electron chi connectivity index (χ4n) is 2.74. The Hall–Kier alpha value is -2.18. The number of carbonyl (C=O) groups is 2. The van der Waals surface area contributed by atoms with Crippen LogP contribution >= 0.6 is 0 Å². The molecule has 2 N–H and O–H groups in total. The van der Waals surface area contributed by atoms with Crippen molar-refractivity contribution in [1.29, 1.82) is 0 Å². The van der Waals surface area contributed by atoms with Crippen LogP contribution in [0.5, 0.6) is 0 Å². The standard InChI is InChI=1S/C16H20F2N2O3/c17-13-4-2-1-3-12(13)15(18)11-6-9-20(10-7-11)16(23)19-8-5-14(21)22/h1-4,11,15H,5-10H2,(H,19,23)(H,21,22). The summed E-state index contributed by atoms with van der Waals surface area (Å²) in [4.78, 5) is 23.8. The largest absolute Gasteiger partial charge is 0.481 e. The lowest BCUT2D eigenvalue weighted by Gasteiger charge is -2.33. The van der Waals surface area contributed by atoms with Gasteiger partial charge in [-0.25, -0.2) is 13.6 Å². The summed E-state index contributed by atoms with van der Waals surface area (Å²) in [5.74, 6) is -1.85. The number of carboxylic acid groups (broad SMARTS) is 1. The topological polar surface area (TPSA) is 69.6 Å². The van der Waals surface area contributed by atoms with Crippen molar-refractivity contribution in [2.24, 2.45) is 5.92 Å². The zero-order valence-corrected chi connectivity index (χ0v) is 12.7. The van der Waals surface area contributed by atoms with E-state index < -0.39 is 18.0 Å². The van der Waals surface area contributed by atoms with Gasteiger partial charge in [0.25, 0.3) is 0 Å². The van der Waals surface area contributed by atoms with Crippen molar-refractivity contribution < 1.29 is 23.5 Å². The number of hydrogen-bond donors (Lipinski definition) is 2. The maximum absolute atomic E-state index is 14.5. The number of piperidine rings is 1. The highest BCUT2D eigenvalue weighted by molar-refractivity contribution is 5.75. The van der Waals surface area contributed by atoms with Crippen LogP contribution in [0.3, 0.4) is 0 Å². The number of rotatable bonds is 5. The van der Waals surface area contributed by atoms with E-state index >= 15 is 0 Å². The molecule has 0 aromatic heterocycles. The number of urea groups is 1. The molecule has 1 aliphatic rings. The van der Waals surface area contributed by atoms with Crippen molar-refractivity contribution in [3.63, 3.8) is 0 Å². The Morgan fingerprint density at radius 2 is 1.96 bits per heavy atom. The van der Waals surface area contributed by atoms with Gasteiger partial charge in [0.2, 0.25) is 0 Å². The van der Waals surface area contributed by atoms with Gasteiger partial charge in [0.1, 0.15) is 12.0 Å². The summed E-state index contributed by atoms with van der Waals surface area (Å²) in [5.41, 5.74) is 0.0665. The summed E-state index contributed by atoms with van der Waals surface area (Å²) >= 11 is 0. The number of carboxylic acids is 1. The second-order valence-electron chi connectivity index (χ2n) is 5.62. The number of halogens is 2. The van der Waals surface area contributed by atoms with Crippen LogP contribution in [-0.4, -0.2) is 41.6 Å². The van der Waals surface area contributed by atoms with E-state index in [4.69, 9.17) is 5.11 Å². The monoisotopic (exact) mass is 326 g/mol. The maximum Gasteiger partial charge on any atom is 0.317 e. The van der Waals surface area contributed by atoms with E-state index in [1.54, 1.807) is 6.07 Å². The number of aliphatic carboxylic acids is 1. The second kappa shape index (κ2) is 7.89. The second-order valence-corrected chi connectivity index (χ2v) is 5.62. The minimum Gasteiger partial charge on any atom is -0.481 e. The van der Waals surface area contributed by atoms with Crippen molar-refractivity contribution in [2.45, 2.75) is 25.4 Å². The number of benzene rings is 1. The first-order chi connectivity index (χ1) is 11.0. The summed E-state index contributed by atoms with van der Waals surface area (Å²) in [5, 5.41) is 11.0. The quantitative estimate of drug-likeness (QED) is 0.874. The van der Waals surface area contributed by atoms with E-state index in [2.05, 4.69) is 5.32 Å². The molecule has 1 aliphatic heterocycles. The van der Waals surface area contributed by atoms with Crippen LogP contribution in [0.1, 0.15) is 31.0 Å². The SMILES string of the molecule is O=C(O)CCNC(=O)N1CCC(C(F)c2ccccc2F)CC1. The van der Waals surface area contributed by atoms with Crippen molar-refractivity contribution in [3.05, 3.63) is 35.6 Å². The Labute approximate surface area is 133 Å². The lowest BCUT2D eigenvalue weighted by molar-refractivity contribution is -0.136. The molecule has 0 bridgehead atoms. The van der Waals surface area contributed by atoms with Crippen LogP contribution in [0.25, 0.3) is 0 Å². The fourth-order valence-corrected chi connectivity index (χ4v) is 2.74. The lowest BCUT2D eigenvalue weighted by atomic mass is 9.88. The average molecular weight is 326 g/mol. The fraction of sp³-hybridized carbons (Fsp3) is 0.500. The Bertz CT molecular complexity index is 560. The summed E-state index contributed by atoms with van der Waals surface area (Å²) in [6.07, 6.45) is -0.625. The number of alkyl halides is 1. The third kappa shape index (κ3) is 4.64. The van der Waals surface area contributed by atoms with Gasteiger partial charge >= 0.3 is 12.0 Å². The minimum atomic E-state index is -1.38. The third-order valence-corrected chi connectivity index (χ3v) is 4.06. The van der Waals surface area contributed by atoms with Crippen LogP contribution in [0.15, 0.2) is 24.3 Å². The molecule has 0 radical (unpaired) electrons. The number of amides is 2. The normalized spacial score (nSPS) is 16.9. The van der Waals surface area contributed by atoms with Gasteiger partial charge in [-0.2, -0.15) is 0 Å². The van der Waals surface area contributed by atoms with E-state index in [0.717, 1.165) is 0 Å². The summed E-state index contributed by atoms with van der Waals surface area (Å²) in [7, 11) is 0. The number of nitrogens with one attached hydrogen (secondary N) is 1. The van der Waals surface area contributed by atoms with E-state index in [1.807, 2.05) is 0 Å². The third-order valence-electron chi connectivity index (χ3n) is 4.06. The van der Waals surface area contributed by atoms with Crippen molar-refractivity contribution in [2.75, 3.05) is 19.6 Å². The molecule has 2 rings (SSSR count). The zero-order chi connectivity index (χ0) is 16.8. The van der Waals surface area contributed by atoms with Crippen LogP contribution in [0.4, 0.5) is 13.6 Å². The molecule has 0 aliphatic carbocycles. The van der Waals surface area contributed by atoms with Gasteiger partial charge in [0.05, 0.1) is 6.42 Å². The number of hydrogen-bond acceptors (Lipinski definition) is 2. The highest BCUT2D eigenvalue weighted by Crippen LogP contribution is 2.34. The van der Waals surface area contributed by atoms with Crippen LogP contribution in [-0.2, 0) is 4.79 Å². The van der Waals surface area contributed by atoms with Crippen molar-refractivity contribution in [3.8, 4) is 0 Å². The van der Waals surface area contributed by atoms with Crippen molar-refractivity contribution in [1.82, 2.24) is 10.2 Å². The first-order valence-electron chi connectivity index (χ1n) is 7.62. The smallest absolute Gasteiger partial charge is 0.317 e. The Balaban J connectivity index is 1.82. The summed E-state index contributed by atoms with van der Waals surface area (Å²) < 4.78 is 28.1. The molecule has 1 aromatic carbocycles. The number of likely N-dealkylation sites (tertiary alicyclic amines) is 1. The molecular weight excluding hydrogens is 306 g/mol. The predicted octanol–water partition coefficient (Wildman–Crippen LogP) is 2.73. The Morgan fingerprint density at radius 3 is 2.57 bits per heavy atom. The molecule has 1 fully saturated rings. The molecular formula is C16H20F2N2O3. The predicted molar refractivity (Wildman–Crippen MR) is 80.2 cm³/mol. The first kappa shape index (κ1) is 17.2. The van der Waals surface area contributed by atoms with E-state index in [-0.39, 0.29) is 30.5 Å². The molecule has 1 aromatic rings. The van der Waals surface area contributed by atoms with Crippen LogP contribution < -0.4 is 5.32 Å². The molecule has 1 unspecified atom stereocenters. The lowest BCUT2D eigenvalue weighted by Crippen LogP contribution is -2.45. The molecule has 0 spiro atoms. The minimum absolute atomic E-state index is 0.0645. The highest BCUT2D eigenvalue weighted by Gasteiger charge is 2.30. The van der Waals surface area contributed by atoms with Crippen LogP contribution in [0, 0.1) is 11.7 Å². The van der Waals surface area contributed by atoms with Crippen molar-refractivity contribution >= 4 is 12.0 Å². The number of carbonyl (C=O) groups excluding carboxylic acids is 1. The summed E-state index contributed by atoms with van der Waals surface area (Å²) in [6.45, 7) is 0.811. The van der Waals surface area contributed by atoms with Gasteiger partial charge in [-0.3, -0.25) is 4.79 Å². The van der Waals surface area contributed by atoms with Gasteiger partial charge in [-0.15, -0.1) is 0 Å². The first-order valence-corrected chi connectivity index (χ1v) is 7.62. The van der Waals surface area contributed by atoms with Gasteiger partial charge in [-0.1, -0.05) is 18.2 Å². The molecule has 2 amide bonds. The van der Waals surface area contributed by atoms with E-state index in [1.165, 1.54) is 23.1 Å². The zero-order valence-electron chi connectivity index (χ0n) is 12.7. The average Bonchev–Trinajstić information content (AvgIpc) is 2.54. The van der Waals surface area contributed by atoms with E-state index in [0.29, 0.717) is 25.9 Å². The van der Waals surface area contributed by atoms with Gasteiger partial charge in [-0.05, 0) is 24.8 Å². The molecule has 0 saturated carbocycles. The summed E-state index contributed by atoms with van der Waals surface area (Å²) in [6, 6.07) is 5.48. The highest BCUT2D eigenvalue weighted by atomic mass is 19.1. The Kier molecular flexibility index (Phi) is 5.90. The molecule has 5 nitrogen and oxygen atoms in total. The molecule has 1 heterocycles. The molecule has 126 valence electrons. The maximum atomic E-state index is 14.5.